The van der Waals surface area contributed by atoms with E-state index in [2.05, 4.69) is 10.3 Å². The molecule has 1 aromatic rings. The molecule has 1 aliphatic rings. The van der Waals surface area contributed by atoms with Gasteiger partial charge in [-0.1, -0.05) is 0 Å². The average Bonchev–Trinajstić information content (AvgIpc) is 2.53. The van der Waals surface area contributed by atoms with E-state index >= 15 is 0 Å². The van der Waals surface area contributed by atoms with Crippen LogP contribution in [0.4, 0.5) is 0 Å². The van der Waals surface area contributed by atoms with Gasteiger partial charge in [-0.05, 0) is 0 Å². The molecule has 0 aliphatic heterocycles. The molecule has 0 heterocycles. The van der Waals surface area contributed by atoms with E-state index in [0.29, 0.717) is 13.6 Å². The van der Waals surface area contributed by atoms with Gasteiger partial charge in [-0.15, -0.1) is 0 Å². The van der Waals surface area contributed by atoms with E-state index in [9.17, 15) is 9.50 Å². The van der Waals surface area contributed by atoms with Crippen LogP contribution in [0.15, 0.2) is 35.3 Å². The van der Waals surface area contributed by atoms with Crippen LogP contribution in [0.1, 0.15) is 37.7 Å². The molecule has 1 N–H and O–H groups in total. The molecular formula is C16H21BN2O2. The van der Waals surface area contributed by atoms with E-state index in [4.69, 9.17) is 0 Å². The molecule has 0 aromatic heterocycles. The van der Waals surface area contributed by atoms with Crippen molar-refractivity contribution in [3.05, 3.63) is 35.9 Å². The van der Waals surface area contributed by atoms with Gasteiger partial charge in [0.05, 0.1) is 0 Å². The van der Waals surface area contributed by atoms with Crippen LogP contribution in [0, 0.1) is 0 Å². The summed E-state index contributed by atoms with van der Waals surface area (Å²) >= 11 is 0. The zero-order valence-corrected chi connectivity index (χ0v) is 12.2. The molecule has 1 amide bonds. The number of aliphatic imine (C=N–C) groups is 1. The van der Waals surface area contributed by atoms with Crippen molar-refractivity contribution in [2.45, 2.75) is 50.6 Å². The van der Waals surface area contributed by atoms with Gasteiger partial charge < -0.3 is 0 Å². The van der Waals surface area contributed by atoms with Crippen LogP contribution in [0.25, 0.3) is 0 Å². The molecule has 21 heavy (non-hydrogen) atoms. The van der Waals surface area contributed by atoms with Gasteiger partial charge >= 0.3 is 125 Å². The zero-order chi connectivity index (χ0) is 14.9. The summed E-state index contributed by atoms with van der Waals surface area (Å²) in [6, 6.07) is 9.49. The number of amides is 1. The summed E-state index contributed by atoms with van der Waals surface area (Å²) in [6.45, 7) is 0. The summed E-state index contributed by atoms with van der Waals surface area (Å²) in [5, 5.41) is 3.08. The van der Waals surface area contributed by atoms with Gasteiger partial charge in [-0.25, -0.2) is 0 Å². The minimum atomic E-state index is -0.528. The van der Waals surface area contributed by atoms with Crippen molar-refractivity contribution in [2.75, 3.05) is 0 Å². The summed E-state index contributed by atoms with van der Waals surface area (Å²) in [4.78, 5) is 16.5. The molecule has 1 aliphatic carbocycles. The molecule has 4 nitrogen and oxygen atoms in total. The monoisotopic (exact) mass is 284 g/mol. The van der Waals surface area contributed by atoms with E-state index in [1.54, 1.807) is 0 Å². The zero-order valence-electron chi connectivity index (χ0n) is 12.2. The van der Waals surface area contributed by atoms with Crippen LogP contribution in [0.2, 0.25) is 0 Å². The normalized spacial score (nSPS) is 17.3. The molecule has 5 heteroatoms. The van der Waals surface area contributed by atoms with E-state index in [-0.39, 0.29) is 11.9 Å². The number of rotatable bonds is 6. The van der Waals surface area contributed by atoms with Crippen LogP contribution in [-0.2, 0) is 15.9 Å². The third-order valence-corrected chi connectivity index (χ3v) is 3.85. The molecule has 2 rings (SSSR count). The molecule has 1 unspecified atom stereocenters. The van der Waals surface area contributed by atoms with Crippen molar-refractivity contribution < 1.29 is 9.50 Å². The molecule has 0 radical (unpaired) electrons. The van der Waals surface area contributed by atoms with Gasteiger partial charge in [0.1, 0.15) is 0 Å². The maximum absolute atomic E-state index is 12.4. The number of carbonyl (C=O) groups excluding carboxylic acids is 1. The van der Waals surface area contributed by atoms with Crippen molar-refractivity contribution in [1.29, 1.82) is 0 Å². The molecular weight excluding hydrogens is 263 g/mol. The Kier molecular flexibility index (Phi) is 6.32. The Balaban J connectivity index is 1.98. The molecule has 0 spiro atoms. The predicted octanol–water partition coefficient (Wildman–Crippen LogP) is 2.12. The summed E-state index contributed by atoms with van der Waals surface area (Å²) < 4.78 is 10.5. The summed E-state index contributed by atoms with van der Waals surface area (Å²) in [5.41, 5.74) is 1.05. The van der Waals surface area contributed by atoms with Crippen molar-refractivity contribution in [1.82, 2.24) is 5.32 Å². The second kappa shape index (κ2) is 8.50. The number of hydrogen-bond donors (Lipinski definition) is 1. The van der Waals surface area contributed by atoms with Gasteiger partial charge in [-0.3, -0.25) is 0 Å². The second-order valence-electron chi connectivity index (χ2n) is 5.48. The van der Waals surface area contributed by atoms with E-state index in [1.165, 1.54) is 25.4 Å². The van der Waals surface area contributed by atoms with Crippen molar-refractivity contribution in [3.63, 3.8) is 0 Å². The Morgan fingerprint density at radius 1 is 1.29 bits per heavy atom. The number of nitrogens with zero attached hydrogens (tertiary/aromatic N) is 1. The predicted molar refractivity (Wildman–Crippen MR) is 83.9 cm³/mol. The first kappa shape index (κ1) is 15.6. The molecule has 0 bridgehead atoms. The standard InChI is InChI=1S/C16H21BN2O2/c20-16(19-14-9-5-2-6-10-14)15(18-12-17-21)11-13-7-3-1-4-8-13/h1,3-4,7-8,12,14-15H,2,5-6,9-11H2,(H,19,20). The average molecular weight is 284 g/mol. The Morgan fingerprint density at radius 3 is 2.67 bits per heavy atom. The number of hydrogen-bond acceptors (Lipinski definition) is 3. The van der Waals surface area contributed by atoms with Crippen molar-refractivity contribution >= 4 is 19.2 Å². The van der Waals surface area contributed by atoms with E-state index in [1.807, 2.05) is 30.3 Å². The Bertz CT molecular complexity index is 484. The molecule has 1 aromatic carbocycles. The minimum absolute atomic E-state index is 0.0798. The van der Waals surface area contributed by atoms with E-state index in [0.717, 1.165) is 18.4 Å². The first-order valence-corrected chi connectivity index (χ1v) is 7.61. The molecule has 1 atom stereocenters. The first-order chi connectivity index (χ1) is 10.3. The van der Waals surface area contributed by atoms with E-state index < -0.39 is 6.04 Å². The van der Waals surface area contributed by atoms with Gasteiger partial charge in [-0.2, -0.15) is 0 Å². The van der Waals surface area contributed by atoms with Crippen molar-refractivity contribution in [2.24, 2.45) is 4.99 Å². The van der Waals surface area contributed by atoms with Crippen LogP contribution >= 0.6 is 0 Å². The maximum atomic E-state index is 12.4. The number of benzene rings is 1. The third kappa shape index (κ3) is 5.25. The topological polar surface area (TPSA) is 58.5 Å². The molecule has 0 saturated heterocycles. The second-order valence-corrected chi connectivity index (χ2v) is 5.48. The van der Waals surface area contributed by atoms with Crippen LogP contribution < -0.4 is 5.32 Å². The fourth-order valence-electron chi connectivity index (χ4n) is 2.73. The molecule has 110 valence electrons. The van der Waals surface area contributed by atoms with Crippen LogP contribution in [0.3, 0.4) is 0 Å². The van der Waals surface area contributed by atoms with Gasteiger partial charge in [0, 0.05) is 0 Å². The SMILES string of the molecule is O=BC=NC(Cc1ccccc1)C(=O)NC1CCCCC1. The van der Waals surface area contributed by atoms with Crippen LogP contribution in [-0.4, -0.2) is 31.3 Å². The van der Waals surface area contributed by atoms with Crippen molar-refractivity contribution in [3.8, 4) is 0 Å². The third-order valence-electron chi connectivity index (χ3n) is 3.85. The fraction of sp³-hybridized carbons (Fsp3) is 0.500. The Morgan fingerprint density at radius 2 is 2.00 bits per heavy atom. The van der Waals surface area contributed by atoms with Crippen LogP contribution in [0.5, 0.6) is 0 Å². The first-order valence-electron chi connectivity index (χ1n) is 7.61. The quantitative estimate of drug-likeness (QED) is 0.642. The van der Waals surface area contributed by atoms with Gasteiger partial charge in [0.25, 0.3) is 0 Å². The molecule has 1 fully saturated rings. The Labute approximate surface area is 126 Å². The molecule has 1 saturated carbocycles. The van der Waals surface area contributed by atoms with Gasteiger partial charge in [0.2, 0.25) is 0 Å². The Hall–Kier alpha value is -1.78. The summed E-state index contributed by atoms with van der Waals surface area (Å²) in [5.74, 6) is -0.0798. The number of carbonyl (C=O) groups is 1. The fourth-order valence-corrected chi connectivity index (χ4v) is 2.73. The van der Waals surface area contributed by atoms with Gasteiger partial charge in [0.15, 0.2) is 0 Å². The summed E-state index contributed by atoms with van der Waals surface area (Å²) in [6.07, 6.45) is 7.38. The summed E-state index contributed by atoms with van der Waals surface area (Å²) in [7, 11) is 0.617. The number of nitrogens with one attached hydrogen (secondary N) is 1.